The summed E-state index contributed by atoms with van der Waals surface area (Å²) in [6.45, 7) is 1.97. The molecule has 0 aromatic heterocycles. The summed E-state index contributed by atoms with van der Waals surface area (Å²) >= 11 is 0. The molecule has 1 aliphatic rings. The van der Waals surface area contributed by atoms with E-state index in [4.69, 9.17) is 10.5 Å². The van der Waals surface area contributed by atoms with Crippen LogP contribution in [-0.4, -0.2) is 30.4 Å². The summed E-state index contributed by atoms with van der Waals surface area (Å²) in [5.41, 5.74) is 9.26. The summed E-state index contributed by atoms with van der Waals surface area (Å²) in [5, 5.41) is 2.73. The summed E-state index contributed by atoms with van der Waals surface area (Å²) in [7, 11) is 0. The Labute approximate surface area is 163 Å². The van der Waals surface area contributed by atoms with Crippen LogP contribution >= 0.6 is 0 Å². The lowest BCUT2D eigenvalue weighted by Crippen LogP contribution is -2.45. The van der Waals surface area contributed by atoms with Gasteiger partial charge in [0, 0.05) is 6.08 Å². The standard InChI is InChI=1S/C22H22N2O4/c1-2-28-19(25)13-7-12-18(21(23)26)24-22(27)20-16-10-5-3-8-14(16)15-9-4-6-11-17(15)20/h3-11,13,18,20H,2,12H2,1H3,(H2,23,26)(H,24,27)/b13-7+/t18-/m0/s1. The van der Waals surface area contributed by atoms with Gasteiger partial charge in [-0.1, -0.05) is 54.6 Å². The molecule has 0 heterocycles. The van der Waals surface area contributed by atoms with E-state index in [0.717, 1.165) is 22.3 Å². The van der Waals surface area contributed by atoms with Crippen molar-refractivity contribution in [3.05, 3.63) is 71.8 Å². The number of amides is 2. The Hall–Kier alpha value is -3.41. The number of nitrogens with one attached hydrogen (secondary N) is 1. The van der Waals surface area contributed by atoms with Crippen LogP contribution in [0.4, 0.5) is 0 Å². The van der Waals surface area contributed by atoms with Gasteiger partial charge in [0.25, 0.3) is 0 Å². The molecular weight excluding hydrogens is 356 g/mol. The molecule has 28 heavy (non-hydrogen) atoms. The van der Waals surface area contributed by atoms with E-state index in [0.29, 0.717) is 0 Å². The number of carbonyl (C=O) groups is 3. The summed E-state index contributed by atoms with van der Waals surface area (Å²) in [6.07, 6.45) is 2.81. The molecule has 2 amide bonds. The summed E-state index contributed by atoms with van der Waals surface area (Å²) in [4.78, 5) is 36.2. The molecule has 0 fully saturated rings. The summed E-state index contributed by atoms with van der Waals surface area (Å²) in [5.74, 6) is -1.98. The number of primary amides is 1. The molecule has 0 saturated carbocycles. The lowest BCUT2D eigenvalue weighted by atomic mass is 9.95. The fourth-order valence-corrected chi connectivity index (χ4v) is 3.43. The highest BCUT2D eigenvalue weighted by Gasteiger charge is 2.34. The minimum atomic E-state index is -0.918. The zero-order valence-electron chi connectivity index (χ0n) is 15.6. The van der Waals surface area contributed by atoms with Gasteiger partial charge in [0.1, 0.15) is 6.04 Å². The molecule has 0 unspecified atom stereocenters. The molecule has 3 rings (SSSR count). The van der Waals surface area contributed by atoms with Crippen molar-refractivity contribution in [2.75, 3.05) is 6.61 Å². The smallest absolute Gasteiger partial charge is 0.330 e. The Balaban J connectivity index is 1.79. The predicted molar refractivity (Wildman–Crippen MR) is 105 cm³/mol. The van der Waals surface area contributed by atoms with Crippen molar-refractivity contribution in [1.29, 1.82) is 0 Å². The lowest BCUT2D eigenvalue weighted by molar-refractivity contribution is -0.137. The highest BCUT2D eigenvalue weighted by molar-refractivity contribution is 5.98. The molecule has 1 aliphatic carbocycles. The van der Waals surface area contributed by atoms with Gasteiger partial charge < -0.3 is 15.8 Å². The molecular formula is C22H22N2O4. The van der Waals surface area contributed by atoms with E-state index in [9.17, 15) is 14.4 Å². The number of esters is 1. The quantitative estimate of drug-likeness (QED) is 0.570. The van der Waals surface area contributed by atoms with Crippen molar-refractivity contribution in [2.45, 2.75) is 25.3 Å². The molecule has 0 radical (unpaired) electrons. The Bertz CT molecular complexity index is 890. The maximum absolute atomic E-state index is 13.1. The summed E-state index contributed by atoms with van der Waals surface area (Å²) < 4.78 is 4.80. The van der Waals surface area contributed by atoms with E-state index >= 15 is 0 Å². The number of ether oxygens (including phenoxy) is 1. The highest BCUT2D eigenvalue weighted by atomic mass is 16.5. The minimum absolute atomic E-state index is 0.107. The number of nitrogens with two attached hydrogens (primary N) is 1. The van der Waals surface area contributed by atoms with Gasteiger partial charge in [0.2, 0.25) is 11.8 Å². The number of hydrogen-bond donors (Lipinski definition) is 2. The molecule has 2 aromatic carbocycles. The summed E-state index contributed by atoms with van der Waals surface area (Å²) in [6, 6.07) is 14.5. The van der Waals surface area contributed by atoms with Crippen LogP contribution in [0.1, 0.15) is 30.4 Å². The molecule has 1 atom stereocenters. The topological polar surface area (TPSA) is 98.5 Å². The van der Waals surface area contributed by atoms with E-state index < -0.39 is 23.8 Å². The van der Waals surface area contributed by atoms with E-state index in [1.807, 2.05) is 48.5 Å². The van der Waals surface area contributed by atoms with Crippen molar-refractivity contribution in [3.63, 3.8) is 0 Å². The minimum Gasteiger partial charge on any atom is -0.463 e. The van der Waals surface area contributed by atoms with E-state index in [1.165, 1.54) is 12.2 Å². The van der Waals surface area contributed by atoms with Gasteiger partial charge in [0.15, 0.2) is 0 Å². The first-order chi connectivity index (χ1) is 13.5. The van der Waals surface area contributed by atoms with Gasteiger partial charge >= 0.3 is 5.97 Å². The zero-order valence-corrected chi connectivity index (χ0v) is 15.6. The normalized spacial score (nSPS) is 13.6. The third kappa shape index (κ3) is 3.96. The van der Waals surface area contributed by atoms with Crippen LogP contribution in [0.3, 0.4) is 0 Å². The van der Waals surface area contributed by atoms with E-state index in [1.54, 1.807) is 6.92 Å². The Kier molecular flexibility index (Phi) is 5.89. The van der Waals surface area contributed by atoms with Crippen LogP contribution in [0.2, 0.25) is 0 Å². The maximum Gasteiger partial charge on any atom is 0.330 e. The Morgan fingerprint density at radius 1 is 1.07 bits per heavy atom. The largest absolute Gasteiger partial charge is 0.463 e. The van der Waals surface area contributed by atoms with E-state index in [-0.39, 0.29) is 18.9 Å². The number of benzene rings is 2. The average molecular weight is 378 g/mol. The van der Waals surface area contributed by atoms with Crippen LogP contribution in [0, 0.1) is 0 Å². The van der Waals surface area contributed by atoms with Crippen LogP contribution in [-0.2, 0) is 19.1 Å². The van der Waals surface area contributed by atoms with Gasteiger partial charge in [-0.25, -0.2) is 4.79 Å². The number of hydrogen-bond acceptors (Lipinski definition) is 4. The van der Waals surface area contributed by atoms with Gasteiger partial charge in [-0.2, -0.15) is 0 Å². The highest BCUT2D eigenvalue weighted by Crippen LogP contribution is 2.44. The van der Waals surface area contributed by atoms with Crippen molar-refractivity contribution in [3.8, 4) is 11.1 Å². The third-order valence-electron chi connectivity index (χ3n) is 4.67. The molecule has 3 N–H and O–H groups in total. The Morgan fingerprint density at radius 2 is 1.64 bits per heavy atom. The first-order valence-electron chi connectivity index (χ1n) is 9.14. The van der Waals surface area contributed by atoms with Crippen molar-refractivity contribution >= 4 is 17.8 Å². The Morgan fingerprint density at radius 3 is 2.18 bits per heavy atom. The van der Waals surface area contributed by atoms with Crippen LogP contribution in [0.15, 0.2) is 60.7 Å². The van der Waals surface area contributed by atoms with Crippen molar-refractivity contribution in [2.24, 2.45) is 5.73 Å². The first-order valence-corrected chi connectivity index (χ1v) is 9.14. The molecule has 6 heteroatoms. The third-order valence-corrected chi connectivity index (χ3v) is 4.67. The molecule has 2 aromatic rings. The van der Waals surface area contributed by atoms with Gasteiger partial charge in [-0.3, -0.25) is 9.59 Å². The molecule has 0 saturated heterocycles. The predicted octanol–water partition coefficient (Wildman–Crippen LogP) is 2.28. The second-order valence-electron chi connectivity index (χ2n) is 6.46. The molecule has 0 bridgehead atoms. The lowest BCUT2D eigenvalue weighted by Gasteiger charge is -2.18. The molecule has 0 spiro atoms. The fourth-order valence-electron chi connectivity index (χ4n) is 3.43. The average Bonchev–Trinajstić information content (AvgIpc) is 3.02. The molecule has 6 nitrogen and oxygen atoms in total. The van der Waals surface area contributed by atoms with Crippen LogP contribution in [0.25, 0.3) is 11.1 Å². The number of rotatable bonds is 7. The first kappa shape index (κ1) is 19.4. The van der Waals surface area contributed by atoms with Gasteiger partial charge in [-0.15, -0.1) is 0 Å². The fraction of sp³-hybridized carbons (Fsp3) is 0.227. The number of carbonyl (C=O) groups excluding carboxylic acids is 3. The van der Waals surface area contributed by atoms with Gasteiger partial charge in [-0.05, 0) is 35.6 Å². The van der Waals surface area contributed by atoms with E-state index in [2.05, 4.69) is 5.32 Å². The second-order valence-corrected chi connectivity index (χ2v) is 6.46. The van der Waals surface area contributed by atoms with Crippen molar-refractivity contribution < 1.29 is 19.1 Å². The monoisotopic (exact) mass is 378 g/mol. The second kappa shape index (κ2) is 8.52. The molecule has 0 aliphatic heterocycles. The molecule has 144 valence electrons. The van der Waals surface area contributed by atoms with Crippen LogP contribution in [0.5, 0.6) is 0 Å². The van der Waals surface area contributed by atoms with Gasteiger partial charge in [0.05, 0.1) is 12.5 Å². The SMILES string of the molecule is CCOC(=O)/C=C/C[C@H](NC(=O)C1c2ccccc2-c2ccccc21)C(N)=O. The number of fused-ring (bicyclic) bond motifs is 3. The maximum atomic E-state index is 13.1. The van der Waals surface area contributed by atoms with Crippen molar-refractivity contribution in [1.82, 2.24) is 5.32 Å². The zero-order chi connectivity index (χ0) is 20.1. The van der Waals surface area contributed by atoms with Crippen LogP contribution < -0.4 is 11.1 Å².